The Morgan fingerprint density at radius 3 is 2.00 bits per heavy atom. The second kappa shape index (κ2) is 10.2. The fourth-order valence-corrected chi connectivity index (χ4v) is 5.67. The van der Waals surface area contributed by atoms with Crippen LogP contribution in [0.4, 0.5) is 0 Å². The van der Waals surface area contributed by atoms with Gasteiger partial charge in [-0.05, 0) is 32.5 Å². The van der Waals surface area contributed by atoms with Crippen molar-refractivity contribution in [2.45, 2.75) is 46.1 Å². The topological polar surface area (TPSA) is 21.7 Å². The Hall–Kier alpha value is 0.447. The lowest BCUT2D eigenvalue weighted by Crippen LogP contribution is -2.52. The molecule has 114 valence electrons. The lowest BCUT2D eigenvalue weighted by molar-refractivity contribution is 0.162. The van der Waals surface area contributed by atoms with Gasteiger partial charge < -0.3 is 13.8 Å². The van der Waals surface area contributed by atoms with E-state index in [0.717, 1.165) is 30.9 Å². The molecule has 0 radical (unpaired) electrons. The second-order valence-electron chi connectivity index (χ2n) is 5.43. The van der Waals surface area contributed by atoms with E-state index in [1.54, 1.807) is 0 Å². The van der Waals surface area contributed by atoms with Gasteiger partial charge >= 0.3 is 8.56 Å². The fraction of sp³-hybridized carbons (Fsp3) is 1.00. The molecule has 3 nitrogen and oxygen atoms in total. The first-order valence-corrected chi connectivity index (χ1v) is 11.5. The number of hydrogen-bond donors (Lipinski definition) is 0. The summed E-state index contributed by atoms with van der Waals surface area (Å²) in [5.74, 6) is 2.24. The summed E-state index contributed by atoms with van der Waals surface area (Å²) in [5.41, 5.74) is 0. The van der Waals surface area contributed by atoms with Crippen LogP contribution in [0.1, 0.15) is 39.5 Å². The maximum Gasteiger partial charge on any atom is 0.349 e. The first kappa shape index (κ1) is 17.5. The maximum atomic E-state index is 6.12. The van der Waals surface area contributed by atoms with Crippen LogP contribution in [0.5, 0.6) is 0 Å². The van der Waals surface area contributed by atoms with E-state index in [9.17, 15) is 0 Å². The molecule has 1 saturated heterocycles. The monoisotopic (exact) mass is 305 g/mol. The molecule has 1 fully saturated rings. The summed E-state index contributed by atoms with van der Waals surface area (Å²) in [4.78, 5) is 2.58. The van der Waals surface area contributed by atoms with Gasteiger partial charge in [-0.15, -0.1) is 0 Å². The van der Waals surface area contributed by atoms with E-state index in [1.807, 2.05) is 11.8 Å². The van der Waals surface area contributed by atoms with Gasteiger partial charge in [-0.1, -0.05) is 26.7 Å². The molecule has 0 saturated carbocycles. The Morgan fingerprint density at radius 1 is 1.00 bits per heavy atom. The Morgan fingerprint density at radius 2 is 1.53 bits per heavy atom. The van der Waals surface area contributed by atoms with E-state index >= 15 is 0 Å². The first-order chi connectivity index (χ1) is 9.20. The summed E-state index contributed by atoms with van der Waals surface area (Å²) in [6, 6.07) is 0. The predicted molar refractivity (Wildman–Crippen MR) is 87.1 cm³/mol. The van der Waals surface area contributed by atoms with Crippen LogP contribution in [0.3, 0.4) is 0 Å². The molecule has 1 aliphatic rings. The van der Waals surface area contributed by atoms with Gasteiger partial charge in [-0.2, -0.15) is 11.8 Å². The van der Waals surface area contributed by atoms with Crippen molar-refractivity contribution in [1.82, 2.24) is 4.90 Å². The standard InChI is InChI=1S/C14H31NO2SSi/c1-4-6-8-15(9-7-5-2)14-19(3)16-10-12-18-13-11-17-19/h4-14H2,1-3H3. The van der Waals surface area contributed by atoms with E-state index in [4.69, 9.17) is 8.85 Å². The van der Waals surface area contributed by atoms with Crippen LogP contribution in [0.2, 0.25) is 6.55 Å². The molecular weight excluding hydrogens is 274 g/mol. The molecule has 19 heavy (non-hydrogen) atoms. The highest BCUT2D eigenvalue weighted by atomic mass is 32.2. The summed E-state index contributed by atoms with van der Waals surface area (Å²) in [6.07, 6.45) is 6.13. The molecule has 0 aromatic rings. The van der Waals surface area contributed by atoms with Crippen molar-refractivity contribution in [2.24, 2.45) is 0 Å². The molecule has 0 unspecified atom stereocenters. The molecule has 0 bridgehead atoms. The molecule has 0 N–H and O–H groups in total. The minimum atomic E-state index is -1.97. The largest absolute Gasteiger partial charge is 0.393 e. The Kier molecular flexibility index (Phi) is 9.41. The molecule has 1 heterocycles. The van der Waals surface area contributed by atoms with E-state index in [-0.39, 0.29) is 0 Å². The minimum Gasteiger partial charge on any atom is -0.393 e. The number of nitrogens with zero attached hydrogens (tertiary/aromatic N) is 1. The van der Waals surface area contributed by atoms with E-state index in [1.165, 1.54) is 38.8 Å². The average Bonchev–Trinajstić information content (AvgIpc) is 2.38. The van der Waals surface area contributed by atoms with Gasteiger partial charge in [-0.25, -0.2) is 0 Å². The normalized spacial score (nSPS) is 20.2. The number of thioether (sulfide) groups is 1. The van der Waals surface area contributed by atoms with Crippen LogP contribution in [0.15, 0.2) is 0 Å². The van der Waals surface area contributed by atoms with Gasteiger partial charge in [0.2, 0.25) is 0 Å². The SMILES string of the molecule is CCCCN(CCCC)C[Si]1(C)OCCSCCO1. The highest BCUT2D eigenvalue weighted by Gasteiger charge is 2.34. The summed E-state index contributed by atoms with van der Waals surface area (Å²) in [6.45, 7) is 10.9. The molecule has 0 amide bonds. The lowest BCUT2D eigenvalue weighted by Gasteiger charge is -2.34. The van der Waals surface area contributed by atoms with Gasteiger partial charge in [0.15, 0.2) is 0 Å². The third-order valence-electron chi connectivity index (χ3n) is 3.44. The first-order valence-electron chi connectivity index (χ1n) is 7.78. The van der Waals surface area contributed by atoms with Crippen molar-refractivity contribution in [3.05, 3.63) is 0 Å². The quantitative estimate of drug-likeness (QED) is 0.642. The predicted octanol–water partition coefficient (Wildman–Crippen LogP) is 3.28. The zero-order chi connectivity index (χ0) is 14.0. The van der Waals surface area contributed by atoms with E-state index in [2.05, 4.69) is 25.3 Å². The Balaban J connectivity index is 2.47. The van der Waals surface area contributed by atoms with Crippen molar-refractivity contribution in [3.63, 3.8) is 0 Å². The Bertz CT molecular complexity index is 215. The van der Waals surface area contributed by atoms with Crippen molar-refractivity contribution in [2.75, 3.05) is 44.0 Å². The highest BCUT2D eigenvalue weighted by molar-refractivity contribution is 7.99. The third-order valence-corrected chi connectivity index (χ3v) is 7.00. The second-order valence-corrected chi connectivity index (χ2v) is 9.81. The molecule has 0 aromatic heterocycles. The molecule has 0 aliphatic carbocycles. The molecule has 0 atom stereocenters. The number of hydrogen-bond acceptors (Lipinski definition) is 4. The van der Waals surface area contributed by atoms with Crippen molar-refractivity contribution in [3.8, 4) is 0 Å². The zero-order valence-corrected chi connectivity index (χ0v) is 14.8. The van der Waals surface area contributed by atoms with Crippen LogP contribution < -0.4 is 0 Å². The fourth-order valence-electron chi connectivity index (χ4n) is 2.31. The maximum absolute atomic E-state index is 6.12. The van der Waals surface area contributed by atoms with Crippen molar-refractivity contribution < 1.29 is 8.85 Å². The van der Waals surface area contributed by atoms with Crippen molar-refractivity contribution >= 4 is 20.3 Å². The van der Waals surface area contributed by atoms with Gasteiger partial charge in [0.05, 0.1) is 0 Å². The van der Waals surface area contributed by atoms with E-state index < -0.39 is 8.56 Å². The van der Waals surface area contributed by atoms with Gasteiger partial charge in [0.1, 0.15) is 0 Å². The van der Waals surface area contributed by atoms with Crippen LogP contribution in [-0.2, 0) is 8.85 Å². The minimum absolute atomic E-state index is 0.864. The van der Waals surface area contributed by atoms with Crippen LogP contribution in [0.25, 0.3) is 0 Å². The average molecular weight is 306 g/mol. The molecule has 0 spiro atoms. The molecule has 1 aliphatic heterocycles. The van der Waals surface area contributed by atoms with Crippen LogP contribution >= 0.6 is 11.8 Å². The summed E-state index contributed by atoms with van der Waals surface area (Å²) in [5, 5.41) is 0. The molecule has 1 rings (SSSR count). The number of rotatable bonds is 8. The summed E-state index contributed by atoms with van der Waals surface area (Å²) < 4.78 is 12.2. The molecule has 0 aromatic carbocycles. The third kappa shape index (κ3) is 7.71. The smallest absolute Gasteiger partial charge is 0.349 e. The zero-order valence-electron chi connectivity index (χ0n) is 13.0. The van der Waals surface area contributed by atoms with Crippen LogP contribution in [-0.4, -0.2) is 57.4 Å². The highest BCUT2D eigenvalue weighted by Crippen LogP contribution is 2.16. The summed E-state index contributed by atoms with van der Waals surface area (Å²) in [7, 11) is -1.97. The van der Waals surface area contributed by atoms with Gasteiger partial charge in [-0.3, -0.25) is 0 Å². The number of unbranched alkanes of at least 4 members (excludes halogenated alkanes) is 2. The Labute approximate surface area is 124 Å². The van der Waals surface area contributed by atoms with Gasteiger partial charge in [0.25, 0.3) is 0 Å². The van der Waals surface area contributed by atoms with Crippen LogP contribution in [0, 0.1) is 0 Å². The van der Waals surface area contributed by atoms with Gasteiger partial charge in [0, 0.05) is 30.9 Å². The summed E-state index contributed by atoms with van der Waals surface area (Å²) >= 11 is 1.94. The lowest BCUT2D eigenvalue weighted by atomic mass is 10.3. The molecule has 5 heteroatoms. The van der Waals surface area contributed by atoms with E-state index in [0.29, 0.717) is 0 Å². The molecular formula is C14H31NO2SSi. The van der Waals surface area contributed by atoms with Crippen molar-refractivity contribution in [1.29, 1.82) is 0 Å².